The molecule has 0 aromatic rings. The van der Waals surface area contributed by atoms with E-state index in [4.69, 9.17) is 4.74 Å². The lowest BCUT2D eigenvalue weighted by Gasteiger charge is -2.39. The molecule has 2 saturated heterocycles. The smallest absolute Gasteiger partial charge is 0.410 e. The van der Waals surface area contributed by atoms with Crippen molar-refractivity contribution in [3.63, 3.8) is 0 Å². The van der Waals surface area contributed by atoms with Crippen LogP contribution in [0.5, 0.6) is 0 Å². The molecule has 2 aliphatic heterocycles. The minimum absolute atomic E-state index is 0.0839. The Bertz CT molecular complexity index is 424. The van der Waals surface area contributed by atoms with Gasteiger partial charge < -0.3 is 19.6 Å². The van der Waals surface area contributed by atoms with Gasteiger partial charge >= 0.3 is 6.09 Å². The van der Waals surface area contributed by atoms with Crippen molar-refractivity contribution >= 4 is 12.0 Å². The number of carbonyl (C=O) groups is 2. The van der Waals surface area contributed by atoms with E-state index in [1.54, 1.807) is 20.8 Å². The van der Waals surface area contributed by atoms with Crippen LogP contribution in [0.3, 0.4) is 0 Å². The maximum absolute atomic E-state index is 14.3. The van der Waals surface area contributed by atoms with Gasteiger partial charge in [-0.3, -0.25) is 4.79 Å². The van der Waals surface area contributed by atoms with Gasteiger partial charge in [0.05, 0.1) is 12.6 Å². The van der Waals surface area contributed by atoms with Crippen molar-refractivity contribution in [2.75, 3.05) is 19.6 Å². The molecule has 0 saturated carbocycles. The number of amides is 2. The number of rotatable bonds is 1. The van der Waals surface area contributed by atoms with Gasteiger partial charge in [-0.05, 0) is 33.6 Å². The lowest BCUT2D eigenvalue weighted by Crippen LogP contribution is -2.55. The minimum Gasteiger partial charge on any atom is -0.444 e. The number of nitrogens with zero attached hydrogens (tertiary/aromatic N) is 2. The van der Waals surface area contributed by atoms with Crippen molar-refractivity contribution < 1.29 is 23.8 Å². The molecule has 120 valence electrons. The highest BCUT2D eigenvalue weighted by Gasteiger charge is 2.42. The number of aliphatic hydroxyl groups is 1. The molecule has 1 N–H and O–H groups in total. The number of piperidine rings is 1. The Hall–Kier alpha value is -1.37. The van der Waals surface area contributed by atoms with Gasteiger partial charge in [0, 0.05) is 13.1 Å². The second-order valence-electron chi connectivity index (χ2n) is 6.63. The Morgan fingerprint density at radius 2 is 2.00 bits per heavy atom. The summed E-state index contributed by atoms with van der Waals surface area (Å²) in [5.41, 5.74) is -0.616. The molecule has 2 rings (SSSR count). The van der Waals surface area contributed by atoms with E-state index < -0.39 is 35.9 Å². The van der Waals surface area contributed by atoms with Crippen molar-refractivity contribution in [1.29, 1.82) is 0 Å². The number of halogens is 1. The molecule has 0 bridgehead atoms. The third-order valence-electron chi connectivity index (χ3n) is 3.77. The van der Waals surface area contributed by atoms with Crippen LogP contribution in [0, 0.1) is 0 Å². The molecule has 3 atom stereocenters. The zero-order valence-electron chi connectivity index (χ0n) is 12.7. The number of carbonyl (C=O) groups excluding carboxylic acids is 2. The zero-order chi connectivity index (χ0) is 15.8. The molecule has 0 unspecified atom stereocenters. The SMILES string of the molecule is CC(C)(C)OC(=O)N1CC[C@H](N2CC[C@@H](O)C2=O)[C@H](F)C1. The van der Waals surface area contributed by atoms with Gasteiger partial charge in [-0.25, -0.2) is 9.18 Å². The summed E-state index contributed by atoms with van der Waals surface area (Å²) in [6, 6.07) is -0.562. The highest BCUT2D eigenvalue weighted by atomic mass is 19.1. The van der Waals surface area contributed by atoms with E-state index in [1.165, 1.54) is 9.80 Å². The van der Waals surface area contributed by atoms with Crippen LogP contribution in [0.15, 0.2) is 0 Å². The second kappa shape index (κ2) is 5.79. The van der Waals surface area contributed by atoms with Gasteiger partial charge in [-0.2, -0.15) is 0 Å². The predicted molar refractivity (Wildman–Crippen MR) is 73.4 cm³/mol. The molecule has 2 heterocycles. The normalized spacial score (nSPS) is 30.7. The van der Waals surface area contributed by atoms with Gasteiger partial charge in [-0.1, -0.05) is 0 Å². The Morgan fingerprint density at radius 1 is 1.33 bits per heavy atom. The van der Waals surface area contributed by atoms with Gasteiger partial charge in [0.2, 0.25) is 0 Å². The highest BCUT2D eigenvalue weighted by Crippen LogP contribution is 2.25. The van der Waals surface area contributed by atoms with Crippen molar-refractivity contribution in [3.05, 3.63) is 0 Å². The summed E-state index contributed by atoms with van der Waals surface area (Å²) in [4.78, 5) is 26.4. The maximum atomic E-state index is 14.3. The monoisotopic (exact) mass is 302 g/mol. The van der Waals surface area contributed by atoms with E-state index in [2.05, 4.69) is 0 Å². The molecule has 0 spiro atoms. The van der Waals surface area contributed by atoms with Crippen LogP contribution in [0.4, 0.5) is 9.18 Å². The summed E-state index contributed by atoms with van der Waals surface area (Å²) in [5.74, 6) is -0.409. The summed E-state index contributed by atoms with van der Waals surface area (Å²) < 4.78 is 19.5. The van der Waals surface area contributed by atoms with Gasteiger partial charge in [0.1, 0.15) is 17.9 Å². The molecule has 21 heavy (non-hydrogen) atoms. The van der Waals surface area contributed by atoms with Crippen LogP contribution < -0.4 is 0 Å². The van der Waals surface area contributed by atoms with Gasteiger partial charge in [-0.15, -0.1) is 0 Å². The van der Waals surface area contributed by atoms with Crippen LogP contribution >= 0.6 is 0 Å². The molecule has 0 aromatic carbocycles. The number of hydrogen-bond donors (Lipinski definition) is 1. The Balaban J connectivity index is 1.93. The molecule has 7 heteroatoms. The lowest BCUT2D eigenvalue weighted by atomic mass is 10.0. The lowest BCUT2D eigenvalue weighted by molar-refractivity contribution is -0.138. The first kappa shape index (κ1) is 16.0. The molecule has 2 aliphatic rings. The molecule has 0 aliphatic carbocycles. The summed E-state index contributed by atoms with van der Waals surface area (Å²) in [6.07, 6.45) is -2.16. The van der Waals surface area contributed by atoms with Crippen LogP contribution in [-0.2, 0) is 9.53 Å². The molecule has 0 radical (unpaired) electrons. The second-order valence-corrected chi connectivity index (χ2v) is 6.63. The van der Waals surface area contributed by atoms with E-state index in [0.29, 0.717) is 25.9 Å². The van der Waals surface area contributed by atoms with E-state index in [-0.39, 0.29) is 6.54 Å². The Morgan fingerprint density at radius 3 is 2.48 bits per heavy atom. The molecule has 6 nitrogen and oxygen atoms in total. The third kappa shape index (κ3) is 3.64. The van der Waals surface area contributed by atoms with Crippen LogP contribution in [0.25, 0.3) is 0 Å². The van der Waals surface area contributed by atoms with E-state index in [9.17, 15) is 19.1 Å². The third-order valence-corrected chi connectivity index (χ3v) is 3.77. The molecular weight excluding hydrogens is 279 g/mol. The summed E-state index contributed by atoms with van der Waals surface area (Å²) >= 11 is 0. The topological polar surface area (TPSA) is 70.1 Å². The molecule has 2 fully saturated rings. The quantitative estimate of drug-likeness (QED) is 0.782. The fourth-order valence-electron chi connectivity index (χ4n) is 2.75. The van der Waals surface area contributed by atoms with Crippen molar-refractivity contribution in [2.24, 2.45) is 0 Å². The Labute approximate surface area is 123 Å². The van der Waals surface area contributed by atoms with Crippen molar-refractivity contribution in [1.82, 2.24) is 9.80 Å². The number of hydrogen-bond acceptors (Lipinski definition) is 4. The van der Waals surface area contributed by atoms with E-state index in [0.717, 1.165) is 0 Å². The minimum atomic E-state index is -1.32. The van der Waals surface area contributed by atoms with Crippen LogP contribution in [-0.4, -0.2) is 70.5 Å². The summed E-state index contributed by atoms with van der Waals surface area (Å²) in [5, 5.41) is 9.45. The first-order valence-electron chi connectivity index (χ1n) is 7.29. The standard InChI is InChI=1S/C14H23FN2O4/c1-14(2,3)21-13(20)16-6-4-10(9(15)8-16)17-7-5-11(18)12(17)19/h9-11,18H,4-8H2,1-3H3/t9-,10+,11-/m1/s1. The van der Waals surface area contributed by atoms with Crippen molar-refractivity contribution in [2.45, 2.75) is 57.5 Å². The number of likely N-dealkylation sites (tertiary alicyclic amines) is 2. The number of aliphatic hydroxyl groups excluding tert-OH is 1. The largest absolute Gasteiger partial charge is 0.444 e. The van der Waals surface area contributed by atoms with E-state index >= 15 is 0 Å². The number of ether oxygens (including phenoxy) is 1. The predicted octanol–water partition coefficient (Wildman–Crippen LogP) is 0.927. The first-order chi connectivity index (χ1) is 9.69. The fraction of sp³-hybridized carbons (Fsp3) is 0.857. The fourth-order valence-corrected chi connectivity index (χ4v) is 2.75. The zero-order valence-corrected chi connectivity index (χ0v) is 12.7. The summed E-state index contributed by atoms with van der Waals surface area (Å²) in [6.45, 7) is 5.91. The Kier molecular flexibility index (Phi) is 4.41. The summed E-state index contributed by atoms with van der Waals surface area (Å²) in [7, 11) is 0. The maximum Gasteiger partial charge on any atom is 0.410 e. The first-order valence-corrected chi connectivity index (χ1v) is 7.29. The molecule has 2 amide bonds. The van der Waals surface area contributed by atoms with Gasteiger partial charge in [0.15, 0.2) is 0 Å². The average Bonchev–Trinajstić information content (AvgIpc) is 2.68. The molecular formula is C14H23FN2O4. The van der Waals surface area contributed by atoms with Crippen molar-refractivity contribution in [3.8, 4) is 0 Å². The van der Waals surface area contributed by atoms with Crippen LogP contribution in [0.1, 0.15) is 33.6 Å². The molecule has 0 aromatic heterocycles. The highest BCUT2D eigenvalue weighted by molar-refractivity contribution is 5.83. The van der Waals surface area contributed by atoms with Crippen LogP contribution in [0.2, 0.25) is 0 Å². The van der Waals surface area contributed by atoms with E-state index in [1.807, 2.05) is 0 Å². The average molecular weight is 302 g/mol. The number of alkyl halides is 1. The van der Waals surface area contributed by atoms with Gasteiger partial charge in [0.25, 0.3) is 5.91 Å².